The van der Waals surface area contributed by atoms with Gasteiger partial charge in [-0.15, -0.1) is 24.8 Å². The number of pyridine rings is 1. The normalized spacial score (nSPS) is 16.7. The summed E-state index contributed by atoms with van der Waals surface area (Å²) in [7, 11) is 0. The van der Waals surface area contributed by atoms with E-state index in [1.807, 2.05) is 0 Å². The molecule has 0 radical (unpaired) electrons. The summed E-state index contributed by atoms with van der Waals surface area (Å²) in [4.78, 5) is 3.58. The van der Waals surface area contributed by atoms with Crippen molar-refractivity contribution in [1.82, 2.24) is 4.98 Å². The lowest BCUT2D eigenvalue weighted by Gasteiger charge is -2.12. The molecule has 7 heteroatoms. The van der Waals surface area contributed by atoms with E-state index in [-0.39, 0.29) is 30.9 Å². The summed E-state index contributed by atoms with van der Waals surface area (Å²) in [5, 5.41) is 0. The monoisotopic (exact) mass is 288 g/mol. The Morgan fingerprint density at radius 1 is 1.24 bits per heavy atom. The zero-order valence-corrected chi connectivity index (χ0v) is 10.4. The van der Waals surface area contributed by atoms with Crippen molar-refractivity contribution in [3.63, 3.8) is 0 Å². The van der Waals surface area contributed by atoms with Crippen molar-refractivity contribution >= 4 is 24.8 Å². The number of halogens is 5. The predicted octanol–water partition coefficient (Wildman–Crippen LogP) is 3.35. The molecule has 0 saturated heterocycles. The van der Waals surface area contributed by atoms with E-state index in [1.165, 1.54) is 6.20 Å². The summed E-state index contributed by atoms with van der Waals surface area (Å²) in [6, 6.07) is 0.787. The molecule has 1 aliphatic rings. The van der Waals surface area contributed by atoms with Crippen LogP contribution in [0.25, 0.3) is 0 Å². The molecule has 98 valence electrons. The molecule has 1 atom stereocenters. The molecule has 1 heterocycles. The van der Waals surface area contributed by atoms with Crippen LogP contribution in [-0.2, 0) is 6.18 Å². The second-order valence-electron chi connectivity index (χ2n) is 3.87. The van der Waals surface area contributed by atoms with Gasteiger partial charge in [0.2, 0.25) is 0 Å². The third-order valence-electron chi connectivity index (χ3n) is 2.60. The van der Waals surface area contributed by atoms with Crippen molar-refractivity contribution in [3.8, 4) is 0 Å². The first-order chi connectivity index (χ1) is 6.98. The molecular formula is C10H13Cl2F3N2. The molecule has 17 heavy (non-hydrogen) atoms. The molecule has 1 fully saturated rings. The highest BCUT2D eigenvalue weighted by Crippen LogP contribution is 2.40. The van der Waals surface area contributed by atoms with Crippen molar-refractivity contribution in [3.05, 3.63) is 29.6 Å². The largest absolute Gasteiger partial charge is 0.417 e. The van der Waals surface area contributed by atoms with E-state index in [0.29, 0.717) is 11.5 Å². The first kappa shape index (κ1) is 16.5. The maximum atomic E-state index is 12.4. The van der Waals surface area contributed by atoms with Crippen molar-refractivity contribution in [2.45, 2.75) is 25.1 Å². The number of hydrogen-bond donors (Lipinski definition) is 1. The smallest absolute Gasteiger partial charge is 0.324 e. The summed E-state index contributed by atoms with van der Waals surface area (Å²) in [5.74, 6) is 0.329. The zero-order valence-electron chi connectivity index (χ0n) is 8.78. The van der Waals surface area contributed by atoms with Crippen LogP contribution in [0.15, 0.2) is 18.5 Å². The highest BCUT2D eigenvalue weighted by Gasteiger charge is 2.34. The molecule has 0 aliphatic heterocycles. The van der Waals surface area contributed by atoms with E-state index < -0.39 is 11.7 Å². The minimum atomic E-state index is -4.34. The first-order valence-electron chi connectivity index (χ1n) is 4.76. The SMILES string of the molecule is Cl.Cl.NC(c1cncc(C(F)(F)F)c1)C1CC1. The number of alkyl halides is 3. The molecule has 1 aromatic heterocycles. The second-order valence-corrected chi connectivity index (χ2v) is 3.87. The minimum Gasteiger partial charge on any atom is -0.324 e. The molecule has 0 amide bonds. The molecule has 2 nitrogen and oxygen atoms in total. The Morgan fingerprint density at radius 2 is 1.82 bits per heavy atom. The van der Waals surface area contributed by atoms with E-state index >= 15 is 0 Å². The molecule has 0 bridgehead atoms. The van der Waals surface area contributed by atoms with Crippen LogP contribution in [0.3, 0.4) is 0 Å². The number of nitrogens with zero attached hydrogens (tertiary/aromatic N) is 1. The lowest BCUT2D eigenvalue weighted by molar-refractivity contribution is -0.137. The van der Waals surface area contributed by atoms with Gasteiger partial charge in [0.25, 0.3) is 0 Å². The third-order valence-corrected chi connectivity index (χ3v) is 2.60. The van der Waals surface area contributed by atoms with Gasteiger partial charge in [-0.1, -0.05) is 0 Å². The van der Waals surface area contributed by atoms with Gasteiger partial charge in [0.15, 0.2) is 0 Å². The highest BCUT2D eigenvalue weighted by atomic mass is 35.5. The fourth-order valence-electron chi connectivity index (χ4n) is 1.52. The zero-order chi connectivity index (χ0) is 11.1. The minimum absolute atomic E-state index is 0. The Labute approximate surface area is 110 Å². The van der Waals surface area contributed by atoms with Crippen molar-refractivity contribution in [1.29, 1.82) is 0 Å². The van der Waals surface area contributed by atoms with Crippen LogP contribution in [0.4, 0.5) is 13.2 Å². The lowest BCUT2D eigenvalue weighted by atomic mass is 10.0. The molecule has 2 rings (SSSR count). The van der Waals surface area contributed by atoms with E-state index in [1.54, 1.807) is 0 Å². The highest BCUT2D eigenvalue weighted by molar-refractivity contribution is 5.85. The Kier molecular flexibility index (Phi) is 5.71. The molecule has 1 saturated carbocycles. The van der Waals surface area contributed by atoms with E-state index in [2.05, 4.69) is 4.98 Å². The van der Waals surface area contributed by atoms with Crippen LogP contribution in [0, 0.1) is 5.92 Å². The van der Waals surface area contributed by atoms with Gasteiger partial charge in [-0.25, -0.2) is 0 Å². The van der Waals surface area contributed by atoms with Gasteiger partial charge in [0, 0.05) is 18.4 Å². The number of rotatable bonds is 2. The molecule has 0 aromatic carbocycles. The maximum Gasteiger partial charge on any atom is 0.417 e. The van der Waals surface area contributed by atoms with Crippen molar-refractivity contribution in [2.24, 2.45) is 11.7 Å². The average molecular weight is 289 g/mol. The number of aromatic nitrogens is 1. The maximum absolute atomic E-state index is 12.4. The molecule has 2 N–H and O–H groups in total. The fourth-order valence-corrected chi connectivity index (χ4v) is 1.52. The third kappa shape index (κ3) is 4.01. The summed E-state index contributed by atoms with van der Waals surface area (Å²) in [5.41, 5.74) is 5.56. The van der Waals surface area contributed by atoms with Gasteiger partial charge < -0.3 is 5.73 Å². The second kappa shape index (κ2) is 5.89. The van der Waals surface area contributed by atoms with Crippen LogP contribution in [0.2, 0.25) is 0 Å². The standard InChI is InChI=1S/C10H11F3N2.2ClH/c11-10(12,13)8-3-7(4-15-5-8)9(14)6-1-2-6;;/h3-6,9H,1-2,14H2;2*1H. The molecular weight excluding hydrogens is 276 g/mol. The van der Waals surface area contributed by atoms with Crippen LogP contribution in [0.1, 0.15) is 30.0 Å². The number of nitrogens with two attached hydrogens (primary N) is 1. The van der Waals surface area contributed by atoms with Crippen LogP contribution < -0.4 is 5.73 Å². The summed E-state index contributed by atoms with van der Waals surface area (Å²) in [6.45, 7) is 0. The first-order valence-corrected chi connectivity index (χ1v) is 4.76. The van der Waals surface area contributed by atoms with Crippen LogP contribution in [-0.4, -0.2) is 4.98 Å². The van der Waals surface area contributed by atoms with Gasteiger partial charge in [-0.05, 0) is 30.4 Å². The van der Waals surface area contributed by atoms with Crippen molar-refractivity contribution in [2.75, 3.05) is 0 Å². The van der Waals surface area contributed by atoms with E-state index in [9.17, 15) is 13.2 Å². The fraction of sp³-hybridized carbons (Fsp3) is 0.500. The Balaban J connectivity index is 0.00000128. The average Bonchev–Trinajstić information content (AvgIpc) is 2.99. The van der Waals surface area contributed by atoms with Gasteiger partial charge in [-0.3, -0.25) is 4.98 Å². The topological polar surface area (TPSA) is 38.9 Å². The van der Waals surface area contributed by atoms with Gasteiger partial charge in [0.05, 0.1) is 5.56 Å². The van der Waals surface area contributed by atoms with Gasteiger partial charge in [0.1, 0.15) is 0 Å². The Morgan fingerprint density at radius 3 is 2.29 bits per heavy atom. The van der Waals surface area contributed by atoms with Gasteiger partial charge in [-0.2, -0.15) is 13.2 Å². The van der Waals surface area contributed by atoms with E-state index in [0.717, 1.165) is 25.1 Å². The Hall–Kier alpha value is -0.520. The van der Waals surface area contributed by atoms with Crippen LogP contribution in [0.5, 0.6) is 0 Å². The summed E-state index contributed by atoms with van der Waals surface area (Å²) in [6.07, 6.45) is -0.109. The molecule has 0 spiro atoms. The Bertz CT molecular complexity index is 367. The summed E-state index contributed by atoms with van der Waals surface area (Å²) >= 11 is 0. The lowest BCUT2D eigenvalue weighted by Crippen LogP contribution is -2.14. The van der Waals surface area contributed by atoms with Crippen molar-refractivity contribution < 1.29 is 13.2 Å². The molecule has 1 aliphatic carbocycles. The summed E-state index contributed by atoms with van der Waals surface area (Å²) < 4.78 is 37.1. The number of hydrogen-bond acceptors (Lipinski definition) is 2. The van der Waals surface area contributed by atoms with Crippen LogP contribution >= 0.6 is 24.8 Å². The quantitative estimate of drug-likeness (QED) is 0.906. The predicted molar refractivity (Wildman–Crippen MR) is 63.4 cm³/mol. The molecule has 1 aromatic rings. The van der Waals surface area contributed by atoms with E-state index in [4.69, 9.17) is 5.73 Å². The molecule has 1 unspecified atom stereocenters. The van der Waals surface area contributed by atoms with Gasteiger partial charge >= 0.3 is 6.18 Å².